The molecule has 0 N–H and O–H groups in total. The van der Waals surface area contributed by atoms with Gasteiger partial charge in [-0.2, -0.15) is 8.78 Å². The lowest BCUT2D eigenvalue weighted by Gasteiger charge is -2.21. The first kappa shape index (κ1) is 10.9. The van der Waals surface area contributed by atoms with Gasteiger partial charge in [-0.1, -0.05) is 0 Å². The van der Waals surface area contributed by atoms with Crippen molar-refractivity contribution in [1.29, 1.82) is 0 Å². The van der Waals surface area contributed by atoms with Gasteiger partial charge in [0.2, 0.25) is 23.1 Å². The van der Waals surface area contributed by atoms with Gasteiger partial charge in [-0.15, -0.1) is 0 Å². The van der Waals surface area contributed by atoms with Crippen molar-refractivity contribution in [3.05, 3.63) is 47.5 Å². The molecule has 1 aliphatic rings. The lowest BCUT2D eigenvalue weighted by atomic mass is 10.2. The van der Waals surface area contributed by atoms with Crippen LogP contribution in [0.1, 0.15) is 0 Å². The van der Waals surface area contributed by atoms with Crippen LogP contribution in [0, 0.1) is 23.3 Å². The normalized spacial score (nSPS) is 12.2. The molecule has 92 valence electrons. The highest BCUT2D eigenvalue weighted by Gasteiger charge is 2.28. The second-order valence-electron chi connectivity index (χ2n) is 3.58. The summed E-state index contributed by atoms with van der Waals surface area (Å²) < 4.78 is 62.7. The van der Waals surface area contributed by atoms with Crippen molar-refractivity contribution in [2.75, 3.05) is 0 Å². The van der Waals surface area contributed by atoms with Crippen LogP contribution in [-0.2, 0) is 0 Å². The second kappa shape index (κ2) is 3.63. The third kappa shape index (κ3) is 1.42. The summed E-state index contributed by atoms with van der Waals surface area (Å²) in [5, 5.41) is 0. The number of hydrogen-bond donors (Lipinski definition) is 0. The van der Waals surface area contributed by atoms with Crippen molar-refractivity contribution in [2.45, 2.75) is 0 Å². The SMILES string of the molecule is Fc1ccc2c(c1F)Oc1ccc(F)c(F)c1O2. The first-order chi connectivity index (χ1) is 8.58. The zero-order valence-electron chi connectivity index (χ0n) is 8.64. The number of ether oxygens (including phenoxy) is 2. The number of fused-ring (bicyclic) bond motifs is 2. The maximum atomic E-state index is 13.4. The highest BCUT2D eigenvalue weighted by molar-refractivity contribution is 5.55. The highest BCUT2D eigenvalue weighted by atomic mass is 19.2. The Balaban J connectivity index is 2.18. The molecule has 0 fully saturated rings. The summed E-state index contributed by atoms with van der Waals surface area (Å²) in [6.45, 7) is 0. The van der Waals surface area contributed by atoms with E-state index in [9.17, 15) is 17.6 Å². The number of halogens is 4. The summed E-state index contributed by atoms with van der Waals surface area (Å²) in [5.74, 6) is -6.16. The lowest BCUT2D eigenvalue weighted by Crippen LogP contribution is -2.05. The molecular formula is C12H4F4O2. The largest absolute Gasteiger partial charge is 0.446 e. The fourth-order valence-corrected chi connectivity index (χ4v) is 1.60. The molecule has 2 aromatic rings. The Kier molecular flexibility index (Phi) is 2.19. The van der Waals surface area contributed by atoms with Crippen molar-refractivity contribution in [3.8, 4) is 23.0 Å². The van der Waals surface area contributed by atoms with Crippen LogP contribution in [0.5, 0.6) is 23.0 Å². The fraction of sp³-hybridized carbons (Fsp3) is 0. The van der Waals surface area contributed by atoms with Crippen LogP contribution >= 0.6 is 0 Å². The average molecular weight is 256 g/mol. The van der Waals surface area contributed by atoms with Gasteiger partial charge >= 0.3 is 0 Å². The molecule has 3 rings (SSSR count). The van der Waals surface area contributed by atoms with E-state index >= 15 is 0 Å². The molecule has 6 heteroatoms. The van der Waals surface area contributed by atoms with E-state index in [4.69, 9.17) is 9.47 Å². The number of benzene rings is 2. The van der Waals surface area contributed by atoms with Crippen LogP contribution in [0.15, 0.2) is 24.3 Å². The van der Waals surface area contributed by atoms with E-state index < -0.39 is 34.8 Å². The minimum absolute atomic E-state index is 0.217. The Hall–Kier alpha value is -2.24. The maximum Gasteiger partial charge on any atom is 0.208 e. The molecule has 0 saturated carbocycles. The molecule has 2 nitrogen and oxygen atoms in total. The van der Waals surface area contributed by atoms with Crippen molar-refractivity contribution in [3.63, 3.8) is 0 Å². The molecule has 0 unspecified atom stereocenters. The summed E-state index contributed by atoms with van der Waals surface area (Å²) in [6.07, 6.45) is 0. The quantitative estimate of drug-likeness (QED) is 0.563. The van der Waals surface area contributed by atoms with Crippen LogP contribution in [0.4, 0.5) is 17.6 Å². The summed E-state index contributed by atoms with van der Waals surface area (Å²) >= 11 is 0. The van der Waals surface area contributed by atoms with E-state index in [0.717, 1.165) is 24.3 Å². The van der Waals surface area contributed by atoms with Gasteiger partial charge < -0.3 is 9.47 Å². The minimum Gasteiger partial charge on any atom is -0.446 e. The molecule has 0 amide bonds. The zero-order chi connectivity index (χ0) is 12.9. The van der Waals surface area contributed by atoms with Crippen LogP contribution in [-0.4, -0.2) is 0 Å². The van der Waals surface area contributed by atoms with Gasteiger partial charge in [0, 0.05) is 0 Å². The molecule has 0 radical (unpaired) electrons. The molecule has 18 heavy (non-hydrogen) atoms. The monoisotopic (exact) mass is 256 g/mol. The van der Waals surface area contributed by atoms with Crippen molar-refractivity contribution < 1.29 is 27.0 Å². The number of hydrogen-bond acceptors (Lipinski definition) is 2. The van der Waals surface area contributed by atoms with Crippen molar-refractivity contribution in [1.82, 2.24) is 0 Å². The van der Waals surface area contributed by atoms with E-state index in [1.54, 1.807) is 0 Å². The molecule has 0 atom stereocenters. The predicted molar refractivity (Wildman–Crippen MR) is 52.9 cm³/mol. The van der Waals surface area contributed by atoms with E-state index in [1.807, 2.05) is 0 Å². The van der Waals surface area contributed by atoms with Gasteiger partial charge in [0.25, 0.3) is 0 Å². The van der Waals surface area contributed by atoms with Gasteiger partial charge in [0.05, 0.1) is 0 Å². The van der Waals surface area contributed by atoms with Gasteiger partial charge in [0.15, 0.2) is 23.1 Å². The third-order valence-corrected chi connectivity index (χ3v) is 2.45. The Morgan fingerprint density at radius 2 is 1.00 bits per heavy atom. The standard InChI is InChI=1S/C12H4F4O2/c13-5-1-3-7-11(9(5)15)18-8-4-2-6(14)10(16)12(8)17-7/h1-4H. The average Bonchev–Trinajstić information content (AvgIpc) is 2.38. The van der Waals surface area contributed by atoms with Gasteiger partial charge in [0.1, 0.15) is 0 Å². The van der Waals surface area contributed by atoms with Crippen LogP contribution in [0.2, 0.25) is 0 Å². The predicted octanol–water partition coefficient (Wildman–Crippen LogP) is 4.14. The van der Waals surface area contributed by atoms with E-state index in [0.29, 0.717) is 0 Å². The Morgan fingerprint density at radius 3 is 1.39 bits per heavy atom. The molecule has 0 spiro atoms. The topological polar surface area (TPSA) is 18.5 Å². The maximum absolute atomic E-state index is 13.4. The lowest BCUT2D eigenvalue weighted by molar-refractivity contribution is 0.314. The summed E-state index contributed by atoms with van der Waals surface area (Å²) in [6, 6.07) is 3.75. The van der Waals surface area contributed by atoms with Crippen molar-refractivity contribution >= 4 is 0 Å². The minimum atomic E-state index is -1.25. The molecular weight excluding hydrogens is 252 g/mol. The van der Waals surface area contributed by atoms with Gasteiger partial charge in [-0.05, 0) is 24.3 Å². The van der Waals surface area contributed by atoms with Crippen molar-refractivity contribution in [2.24, 2.45) is 0 Å². The molecule has 0 saturated heterocycles. The smallest absolute Gasteiger partial charge is 0.208 e. The second-order valence-corrected chi connectivity index (χ2v) is 3.58. The first-order valence-electron chi connectivity index (χ1n) is 4.89. The summed E-state index contributed by atoms with van der Waals surface area (Å²) in [4.78, 5) is 0. The summed E-state index contributed by atoms with van der Waals surface area (Å²) in [5.41, 5.74) is 0. The molecule has 2 aromatic carbocycles. The van der Waals surface area contributed by atoms with E-state index in [-0.39, 0.29) is 11.5 Å². The van der Waals surface area contributed by atoms with Crippen LogP contribution < -0.4 is 9.47 Å². The van der Waals surface area contributed by atoms with Gasteiger partial charge in [-0.3, -0.25) is 0 Å². The number of rotatable bonds is 0. The molecule has 0 aromatic heterocycles. The zero-order valence-corrected chi connectivity index (χ0v) is 8.64. The molecule has 0 aliphatic carbocycles. The van der Waals surface area contributed by atoms with Crippen LogP contribution in [0.3, 0.4) is 0 Å². The van der Waals surface area contributed by atoms with Crippen LogP contribution in [0.25, 0.3) is 0 Å². The molecule has 1 heterocycles. The highest BCUT2D eigenvalue weighted by Crippen LogP contribution is 2.48. The summed E-state index contributed by atoms with van der Waals surface area (Å²) in [7, 11) is 0. The third-order valence-electron chi connectivity index (χ3n) is 2.45. The first-order valence-corrected chi connectivity index (χ1v) is 4.89. The van der Waals surface area contributed by atoms with E-state index in [2.05, 4.69) is 0 Å². The molecule has 1 aliphatic heterocycles. The Labute approximate surface area is 98.4 Å². The van der Waals surface area contributed by atoms with E-state index in [1.165, 1.54) is 0 Å². The Morgan fingerprint density at radius 1 is 0.611 bits per heavy atom. The molecule has 0 bridgehead atoms. The van der Waals surface area contributed by atoms with Gasteiger partial charge in [-0.25, -0.2) is 8.78 Å². The fourth-order valence-electron chi connectivity index (χ4n) is 1.60. The Bertz CT molecular complexity index is 598.